The van der Waals surface area contributed by atoms with Gasteiger partial charge in [-0.05, 0) is 36.6 Å². The summed E-state index contributed by atoms with van der Waals surface area (Å²) in [5.41, 5.74) is 2.11. The van der Waals surface area contributed by atoms with Crippen LogP contribution in [0.1, 0.15) is 24.3 Å². The van der Waals surface area contributed by atoms with Gasteiger partial charge in [-0.15, -0.1) is 0 Å². The molecule has 0 saturated carbocycles. The molecule has 2 atom stereocenters. The second-order valence-electron chi connectivity index (χ2n) is 6.86. The number of nitrogens with zero attached hydrogens (tertiary/aromatic N) is 3. The molecule has 2 aromatic rings. The monoisotopic (exact) mass is 374 g/mol. The number of nitrogens with one attached hydrogen (secondary N) is 1. The van der Waals surface area contributed by atoms with Crippen molar-refractivity contribution in [2.75, 3.05) is 31.2 Å². The number of anilines is 1. The van der Waals surface area contributed by atoms with Crippen molar-refractivity contribution < 1.29 is 9.53 Å². The number of benzene rings is 1. The lowest BCUT2D eigenvalue weighted by Crippen LogP contribution is -2.39. The van der Waals surface area contributed by atoms with Crippen molar-refractivity contribution >= 4 is 23.2 Å². The minimum atomic E-state index is -0.146. The predicted octanol–water partition coefficient (Wildman–Crippen LogP) is 2.44. The van der Waals surface area contributed by atoms with Gasteiger partial charge in [0.1, 0.15) is 0 Å². The fourth-order valence-corrected chi connectivity index (χ4v) is 3.82. The molecule has 1 aromatic heterocycles. The standard InChI is InChI=1S/C19H23ClN4O2/c20-16-2-1-3-17(10-16)24-7-4-18(19(24)25)21-6-8-23-12-15(11-22-23)14-5-9-26-13-14/h1-3,10-12,14,18,21H,4-9,13H2. The van der Waals surface area contributed by atoms with Crippen LogP contribution in [0.3, 0.4) is 0 Å². The highest BCUT2D eigenvalue weighted by Crippen LogP contribution is 2.25. The third kappa shape index (κ3) is 3.77. The molecule has 26 heavy (non-hydrogen) atoms. The van der Waals surface area contributed by atoms with Gasteiger partial charge in [0.25, 0.3) is 0 Å². The first kappa shape index (κ1) is 17.5. The topological polar surface area (TPSA) is 59.4 Å². The Morgan fingerprint density at radius 1 is 1.35 bits per heavy atom. The molecule has 2 aliphatic heterocycles. The summed E-state index contributed by atoms with van der Waals surface area (Å²) >= 11 is 6.04. The van der Waals surface area contributed by atoms with Gasteiger partial charge in [0, 0.05) is 42.5 Å². The molecular weight excluding hydrogens is 352 g/mol. The van der Waals surface area contributed by atoms with Crippen LogP contribution < -0.4 is 10.2 Å². The van der Waals surface area contributed by atoms with E-state index in [9.17, 15) is 4.79 Å². The highest BCUT2D eigenvalue weighted by Gasteiger charge is 2.32. The van der Waals surface area contributed by atoms with E-state index in [1.807, 2.05) is 35.1 Å². The third-order valence-corrected chi connectivity index (χ3v) is 5.35. The first-order chi connectivity index (χ1) is 12.7. The van der Waals surface area contributed by atoms with Crippen LogP contribution in [0.25, 0.3) is 0 Å². The van der Waals surface area contributed by atoms with E-state index in [0.29, 0.717) is 24.0 Å². The van der Waals surface area contributed by atoms with Crippen molar-refractivity contribution in [3.8, 4) is 0 Å². The summed E-state index contributed by atoms with van der Waals surface area (Å²) in [6.45, 7) is 3.80. The molecule has 1 aromatic carbocycles. The average molecular weight is 375 g/mol. The number of carbonyl (C=O) groups excluding carboxylic acids is 1. The SMILES string of the molecule is O=C1C(NCCn2cc(C3CCOC3)cn2)CCN1c1cccc(Cl)c1. The van der Waals surface area contributed by atoms with Crippen LogP contribution in [0.4, 0.5) is 5.69 Å². The van der Waals surface area contributed by atoms with Crippen LogP contribution in [0, 0.1) is 0 Å². The summed E-state index contributed by atoms with van der Waals surface area (Å²) < 4.78 is 7.37. The maximum absolute atomic E-state index is 12.6. The molecule has 0 radical (unpaired) electrons. The molecule has 0 aliphatic carbocycles. The number of hydrogen-bond donors (Lipinski definition) is 1. The van der Waals surface area contributed by atoms with E-state index >= 15 is 0 Å². The summed E-state index contributed by atoms with van der Waals surface area (Å²) in [6, 6.07) is 7.30. The minimum Gasteiger partial charge on any atom is -0.381 e. The normalized spacial score (nSPS) is 23.1. The van der Waals surface area contributed by atoms with E-state index in [1.54, 1.807) is 4.90 Å². The lowest BCUT2D eigenvalue weighted by Gasteiger charge is -2.17. The van der Waals surface area contributed by atoms with Crippen molar-refractivity contribution in [2.24, 2.45) is 0 Å². The molecular formula is C19H23ClN4O2. The van der Waals surface area contributed by atoms with Gasteiger partial charge in [-0.1, -0.05) is 17.7 Å². The first-order valence-corrected chi connectivity index (χ1v) is 9.49. The molecule has 7 heteroatoms. The lowest BCUT2D eigenvalue weighted by atomic mass is 10.0. The van der Waals surface area contributed by atoms with Gasteiger partial charge in [0.15, 0.2) is 0 Å². The quantitative estimate of drug-likeness (QED) is 0.843. The van der Waals surface area contributed by atoms with E-state index in [-0.39, 0.29) is 11.9 Å². The van der Waals surface area contributed by atoms with E-state index in [2.05, 4.69) is 16.6 Å². The molecule has 2 aliphatic rings. The van der Waals surface area contributed by atoms with E-state index in [4.69, 9.17) is 16.3 Å². The summed E-state index contributed by atoms with van der Waals surface area (Å²) in [6.07, 6.45) is 5.89. The average Bonchev–Trinajstić information content (AvgIpc) is 3.37. The number of ether oxygens (including phenoxy) is 1. The van der Waals surface area contributed by atoms with Crippen LogP contribution in [0.15, 0.2) is 36.7 Å². The molecule has 0 bridgehead atoms. The number of amides is 1. The van der Waals surface area contributed by atoms with Crippen molar-refractivity contribution in [2.45, 2.75) is 31.3 Å². The van der Waals surface area contributed by atoms with Gasteiger partial charge in [-0.2, -0.15) is 5.10 Å². The van der Waals surface area contributed by atoms with Crippen molar-refractivity contribution in [3.05, 3.63) is 47.2 Å². The van der Waals surface area contributed by atoms with Gasteiger partial charge in [-0.25, -0.2) is 0 Å². The molecule has 2 saturated heterocycles. The second-order valence-corrected chi connectivity index (χ2v) is 7.30. The Morgan fingerprint density at radius 2 is 2.27 bits per heavy atom. The fraction of sp³-hybridized carbons (Fsp3) is 0.474. The minimum absolute atomic E-state index is 0.108. The maximum atomic E-state index is 12.6. The van der Waals surface area contributed by atoms with Gasteiger partial charge in [0.2, 0.25) is 5.91 Å². The summed E-state index contributed by atoms with van der Waals surface area (Å²) in [5.74, 6) is 0.580. The Hall–Kier alpha value is -1.89. The van der Waals surface area contributed by atoms with E-state index < -0.39 is 0 Å². The molecule has 4 rings (SSSR count). The Morgan fingerprint density at radius 3 is 3.08 bits per heavy atom. The molecule has 1 amide bonds. The second kappa shape index (κ2) is 7.78. The molecule has 2 fully saturated rings. The molecule has 0 spiro atoms. The number of halogens is 1. The highest BCUT2D eigenvalue weighted by atomic mass is 35.5. The van der Waals surface area contributed by atoms with Gasteiger partial charge in [0.05, 0.1) is 25.4 Å². The zero-order valence-electron chi connectivity index (χ0n) is 14.6. The van der Waals surface area contributed by atoms with Crippen molar-refractivity contribution in [1.29, 1.82) is 0 Å². The largest absolute Gasteiger partial charge is 0.381 e. The summed E-state index contributed by atoms with van der Waals surface area (Å²) in [5, 5.41) is 8.44. The van der Waals surface area contributed by atoms with Crippen molar-refractivity contribution in [3.63, 3.8) is 0 Å². The lowest BCUT2D eigenvalue weighted by molar-refractivity contribution is -0.118. The zero-order chi connectivity index (χ0) is 17.9. The summed E-state index contributed by atoms with van der Waals surface area (Å²) in [4.78, 5) is 14.4. The van der Waals surface area contributed by atoms with Crippen LogP contribution >= 0.6 is 11.6 Å². The van der Waals surface area contributed by atoms with Gasteiger partial charge in [-0.3, -0.25) is 9.48 Å². The zero-order valence-corrected chi connectivity index (χ0v) is 15.4. The van der Waals surface area contributed by atoms with E-state index in [1.165, 1.54) is 5.56 Å². The molecule has 3 heterocycles. The predicted molar refractivity (Wildman–Crippen MR) is 101 cm³/mol. The van der Waals surface area contributed by atoms with Crippen LogP contribution in [-0.4, -0.2) is 48.0 Å². The smallest absolute Gasteiger partial charge is 0.244 e. The molecule has 2 unspecified atom stereocenters. The van der Waals surface area contributed by atoms with E-state index in [0.717, 1.165) is 38.3 Å². The van der Waals surface area contributed by atoms with Crippen molar-refractivity contribution in [1.82, 2.24) is 15.1 Å². The number of carbonyl (C=O) groups is 1. The Labute approximate surface area is 158 Å². The summed E-state index contributed by atoms with van der Waals surface area (Å²) in [7, 11) is 0. The maximum Gasteiger partial charge on any atom is 0.244 e. The van der Waals surface area contributed by atoms with Gasteiger partial charge < -0.3 is 15.0 Å². The molecule has 1 N–H and O–H groups in total. The first-order valence-electron chi connectivity index (χ1n) is 9.11. The van der Waals surface area contributed by atoms with Gasteiger partial charge >= 0.3 is 0 Å². The Bertz CT molecular complexity index is 772. The number of hydrogen-bond acceptors (Lipinski definition) is 4. The number of rotatable bonds is 6. The van der Waals surface area contributed by atoms with Crippen LogP contribution in [0.2, 0.25) is 5.02 Å². The third-order valence-electron chi connectivity index (χ3n) is 5.11. The fourth-order valence-electron chi connectivity index (χ4n) is 3.63. The van der Waals surface area contributed by atoms with Crippen LogP contribution in [0.5, 0.6) is 0 Å². The number of aromatic nitrogens is 2. The molecule has 138 valence electrons. The Balaban J connectivity index is 1.28. The molecule has 6 nitrogen and oxygen atoms in total. The van der Waals surface area contributed by atoms with Crippen LogP contribution in [-0.2, 0) is 16.1 Å². The highest BCUT2D eigenvalue weighted by molar-refractivity contribution is 6.30. The Kier molecular flexibility index (Phi) is 5.24.